The molecule has 3 atom stereocenters. The second kappa shape index (κ2) is 11.9. The number of phenols is 2. The highest BCUT2D eigenvalue weighted by Crippen LogP contribution is 2.31. The van der Waals surface area contributed by atoms with E-state index in [-0.39, 0.29) is 45.5 Å². The molecule has 0 bridgehead atoms. The molecular weight excluding hydrogens is 480 g/mol. The average Bonchev–Trinajstić information content (AvgIpc) is 2.85. The van der Waals surface area contributed by atoms with E-state index >= 15 is 0 Å². The van der Waals surface area contributed by atoms with Gasteiger partial charge in [0.1, 0.15) is 40.6 Å². The summed E-state index contributed by atoms with van der Waals surface area (Å²) in [5, 5.41) is 20.0. The van der Waals surface area contributed by atoms with Gasteiger partial charge in [-0.05, 0) is 56.0 Å². The van der Waals surface area contributed by atoms with Gasteiger partial charge in [0.05, 0.1) is 24.9 Å². The number of phenolic OH excluding ortho intramolecular Hbond substituents is 2. The molecule has 37 heavy (non-hydrogen) atoms. The molecule has 0 unspecified atom stereocenters. The molecule has 4 rings (SSSR count). The predicted octanol–water partition coefficient (Wildman–Crippen LogP) is 4.67. The van der Waals surface area contributed by atoms with Gasteiger partial charge in [-0.2, -0.15) is 0 Å². The molecule has 9 nitrogen and oxygen atoms in total. The molecule has 2 aromatic carbocycles. The molecule has 0 saturated heterocycles. The monoisotopic (exact) mass is 510 g/mol. The lowest BCUT2D eigenvalue weighted by molar-refractivity contribution is -0.181. The van der Waals surface area contributed by atoms with E-state index in [1.54, 1.807) is 30.4 Å². The first kappa shape index (κ1) is 26.2. The maximum atomic E-state index is 12.9. The van der Waals surface area contributed by atoms with Gasteiger partial charge in [0.2, 0.25) is 5.43 Å². The van der Waals surface area contributed by atoms with Crippen LogP contribution in [0, 0.1) is 0 Å². The molecule has 0 aliphatic carbocycles. The summed E-state index contributed by atoms with van der Waals surface area (Å²) >= 11 is 0. The molecule has 1 aromatic heterocycles. The Kier molecular flexibility index (Phi) is 8.47. The van der Waals surface area contributed by atoms with Gasteiger partial charge in [0.25, 0.3) is 0 Å². The van der Waals surface area contributed by atoms with Crippen LogP contribution in [-0.2, 0) is 19.0 Å². The SMILES string of the molecule is CC(=O)O[C@@H]1C=C[C@H](OCCCCCOc2cc(O)c3c(=O)c(-c4ccc(O)cc4)coc3c2)O[C@H]1C. The standard InChI is InChI=1S/C28H30O9/c1-17-24(37-18(2)29)10-11-26(36-17)34-13-5-3-4-12-33-21-14-23(31)27-25(15-21)35-16-22(28(27)32)19-6-8-20(30)9-7-19/h6-11,14-17,24,26,30-31H,3-5,12-13H2,1-2H3/t17-,24+,26+/m0/s1. The number of rotatable bonds is 10. The zero-order valence-corrected chi connectivity index (χ0v) is 20.7. The lowest BCUT2D eigenvalue weighted by atomic mass is 10.0. The highest BCUT2D eigenvalue weighted by Gasteiger charge is 2.26. The number of benzene rings is 2. The van der Waals surface area contributed by atoms with Crippen LogP contribution in [0.25, 0.3) is 22.1 Å². The summed E-state index contributed by atoms with van der Waals surface area (Å²) in [5.74, 6) is -0.0819. The van der Waals surface area contributed by atoms with Crippen molar-refractivity contribution in [2.45, 2.75) is 51.6 Å². The third kappa shape index (κ3) is 6.69. The Morgan fingerprint density at radius 2 is 1.78 bits per heavy atom. The van der Waals surface area contributed by atoms with Gasteiger partial charge >= 0.3 is 5.97 Å². The van der Waals surface area contributed by atoms with Gasteiger partial charge in [0.15, 0.2) is 6.29 Å². The minimum absolute atomic E-state index is 0.0718. The molecule has 0 spiro atoms. The maximum absolute atomic E-state index is 12.9. The van der Waals surface area contributed by atoms with Gasteiger partial charge in [-0.15, -0.1) is 0 Å². The van der Waals surface area contributed by atoms with Crippen LogP contribution in [0.4, 0.5) is 0 Å². The highest BCUT2D eigenvalue weighted by molar-refractivity contribution is 5.88. The summed E-state index contributed by atoms with van der Waals surface area (Å²) in [6.45, 7) is 4.12. The second-order valence-electron chi connectivity index (χ2n) is 8.79. The molecule has 1 aliphatic rings. The third-order valence-corrected chi connectivity index (χ3v) is 5.92. The fraction of sp³-hybridized carbons (Fsp3) is 0.357. The molecule has 0 amide bonds. The van der Waals surface area contributed by atoms with Crippen molar-refractivity contribution in [3.8, 4) is 28.4 Å². The van der Waals surface area contributed by atoms with E-state index in [0.717, 1.165) is 19.3 Å². The van der Waals surface area contributed by atoms with Crippen molar-refractivity contribution in [2.75, 3.05) is 13.2 Å². The number of unbranched alkanes of at least 4 members (excludes halogenated alkanes) is 2. The van der Waals surface area contributed by atoms with Crippen molar-refractivity contribution >= 4 is 16.9 Å². The van der Waals surface area contributed by atoms with Crippen molar-refractivity contribution in [2.24, 2.45) is 0 Å². The molecule has 196 valence electrons. The molecule has 1 aliphatic heterocycles. The Morgan fingerprint density at radius 3 is 2.51 bits per heavy atom. The molecule has 9 heteroatoms. The Bertz CT molecular complexity index is 1310. The summed E-state index contributed by atoms with van der Waals surface area (Å²) in [5.41, 5.74) is 0.709. The van der Waals surface area contributed by atoms with Crippen LogP contribution in [0.15, 0.2) is 64.0 Å². The topological polar surface area (TPSA) is 125 Å². The van der Waals surface area contributed by atoms with E-state index in [4.69, 9.17) is 23.4 Å². The number of esters is 1. The van der Waals surface area contributed by atoms with Crippen LogP contribution in [-0.4, -0.2) is 47.9 Å². The number of carbonyl (C=O) groups is 1. The lowest BCUT2D eigenvalue weighted by Crippen LogP contribution is -2.36. The predicted molar refractivity (Wildman–Crippen MR) is 136 cm³/mol. The molecule has 0 saturated carbocycles. The number of hydrogen-bond acceptors (Lipinski definition) is 9. The van der Waals surface area contributed by atoms with Gasteiger partial charge in [-0.1, -0.05) is 12.1 Å². The van der Waals surface area contributed by atoms with Crippen LogP contribution in [0.3, 0.4) is 0 Å². The minimum Gasteiger partial charge on any atom is -0.508 e. The van der Waals surface area contributed by atoms with Crippen molar-refractivity contribution in [3.63, 3.8) is 0 Å². The van der Waals surface area contributed by atoms with Gasteiger partial charge in [-0.25, -0.2) is 0 Å². The fourth-order valence-electron chi connectivity index (χ4n) is 4.01. The van der Waals surface area contributed by atoms with Crippen LogP contribution >= 0.6 is 0 Å². The number of ether oxygens (including phenoxy) is 4. The lowest BCUT2D eigenvalue weighted by Gasteiger charge is -2.29. The summed E-state index contributed by atoms with van der Waals surface area (Å²) in [4.78, 5) is 24.0. The van der Waals surface area contributed by atoms with Crippen LogP contribution in [0.1, 0.15) is 33.1 Å². The van der Waals surface area contributed by atoms with Crippen molar-refractivity contribution in [1.82, 2.24) is 0 Å². The molecule has 2 heterocycles. The molecular formula is C28H30O9. The average molecular weight is 511 g/mol. The van der Waals surface area contributed by atoms with E-state index in [2.05, 4.69) is 0 Å². The summed E-state index contributed by atoms with van der Waals surface area (Å²) in [6, 6.07) is 9.15. The van der Waals surface area contributed by atoms with E-state index in [1.807, 2.05) is 6.92 Å². The molecule has 3 aromatic rings. The summed E-state index contributed by atoms with van der Waals surface area (Å²) in [7, 11) is 0. The third-order valence-electron chi connectivity index (χ3n) is 5.92. The van der Waals surface area contributed by atoms with Gasteiger partial charge < -0.3 is 33.6 Å². The van der Waals surface area contributed by atoms with E-state index < -0.39 is 12.4 Å². The van der Waals surface area contributed by atoms with E-state index in [0.29, 0.717) is 24.5 Å². The largest absolute Gasteiger partial charge is 0.508 e. The zero-order valence-electron chi connectivity index (χ0n) is 20.7. The number of hydrogen-bond donors (Lipinski definition) is 2. The summed E-state index contributed by atoms with van der Waals surface area (Å²) < 4.78 is 27.9. The number of fused-ring (bicyclic) bond motifs is 1. The zero-order chi connectivity index (χ0) is 26.4. The van der Waals surface area contributed by atoms with Gasteiger partial charge in [-0.3, -0.25) is 9.59 Å². The number of carbonyl (C=O) groups excluding carboxylic acids is 1. The first-order valence-corrected chi connectivity index (χ1v) is 12.1. The Labute approximate surface area is 213 Å². The Hall–Kier alpha value is -3.82. The first-order valence-electron chi connectivity index (χ1n) is 12.1. The molecule has 0 fully saturated rings. The van der Waals surface area contributed by atoms with Crippen molar-refractivity contribution in [1.29, 1.82) is 0 Å². The molecule has 0 radical (unpaired) electrons. The minimum atomic E-state index is -0.470. The van der Waals surface area contributed by atoms with E-state index in [9.17, 15) is 19.8 Å². The van der Waals surface area contributed by atoms with Crippen molar-refractivity contribution in [3.05, 3.63) is 65.0 Å². The highest BCUT2D eigenvalue weighted by atomic mass is 16.7. The van der Waals surface area contributed by atoms with Crippen LogP contribution in [0.5, 0.6) is 17.2 Å². The Balaban J connectivity index is 1.24. The number of aromatic hydroxyl groups is 2. The van der Waals surface area contributed by atoms with Gasteiger partial charge in [0, 0.05) is 19.1 Å². The fourth-order valence-corrected chi connectivity index (χ4v) is 4.01. The first-order chi connectivity index (χ1) is 17.8. The quantitative estimate of drug-likeness (QED) is 0.227. The van der Waals surface area contributed by atoms with Crippen LogP contribution in [0.2, 0.25) is 0 Å². The van der Waals surface area contributed by atoms with Crippen molar-refractivity contribution < 1.29 is 38.4 Å². The smallest absolute Gasteiger partial charge is 0.303 e. The van der Waals surface area contributed by atoms with Crippen LogP contribution < -0.4 is 10.2 Å². The normalized spacial score (nSPS) is 19.1. The Morgan fingerprint density at radius 1 is 1.03 bits per heavy atom. The van der Waals surface area contributed by atoms with E-state index in [1.165, 1.54) is 31.4 Å². The second-order valence-corrected chi connectivity index (χ2v) is 8.79. The summed E-state index contributed by atoms with van der Waals surface area (Å²) in [6.07, 6.45) is 6.12. The molecule has 2 N–H and O–H groups in total. The maximum Gasteiger partial charge on any atom is 0.303 e.